The standard InChI is InChI=1S/C16H24N2O/c1-12(2)10-16(19)18-9-7-14-11-13(4-3-8-17)5-6-15(14)18/h5-6,11-12H,3-4,7-10,17H2,1-2H3. The highest BCUT2D eigenvalue weighted by Crippen LogP contribution is 2.30. The minimum absolute atomic E-state index is 0.253. The molecule has 0 aromatic heterocycles. The molecule has 0 saturated carbocycles. The molecule has 0 radical (unpaired) electrons. The lowest BCUT2D eigenvalue weighted by Gasteiger charge is -2.18. The van der Waals surface area contributed by atoms with Crippen molar-refractivity contribution in [3.05, 3.63) is 29.3 Å². The molecule has 19 heavy (non-hydrogen) atoms. The highest BCUT2D eigenvalue weighted by molar-refractivity contribution is 5.95. The lowest BCUT2D eigenvalue weighted by atomic mass is 10.0. The molecule has 3 nitrogen and oxygen atoms in total. The van der Waals surface area contributed by atoms with Gasteiger partial charge < -0.3 is 10.6 Å². The second-order valence-electron chi connectivity index (χ2n) is 5.75. The number of hydrogen-bond donors (Lipinski definition) is 1. The van der Waals surface area contributed by atoms with E-state index < -0.39 is 0 Å². The van der Waals surface area contributed by atoms with Crippen LogP contribution in [0.3, 0.4) is 0 Å². The fourth-order valence-electron chi connectivity index (χ4n) is 2.64. The minimum atomic E-state index is 0.253. The molecule has 0 unspecified atom stereocenters. The summed E-state index contributed by atoms with van der Waals surface area (Å²) in [6.07, 6.45) is 3.67. The topological polar surface area (TPSA) is 46.3 Å². The van der Waals surface area contributed by atoms with Gasteiger partial charge in [0.1, 0.15) is 0 Å². The average molecular weight is 260 g/mol. The van der Waals surface area contributed by atoms with Crippen LogP contribution in [0, 0.1) is 5.92 Å². The van der Waals surface area contributed by atoms with Crippen LogP contribution in [0.5, 0.6) is 0 Å². The highest BCUT2D eigenvalue weighted by atomic mass is 16.2. The Hall–Kier alpha value is -1.35. The number of amides is 1. The first-order valence-corrected chi connectivity index (χ1v) is 7.24. The molecule has 1 heterocycles. The molecule has 2 rings (SSSR count). The number of fused-ring (bicyclic) bond motifs is 1. The number of nitrogens with two attached hydrogens (primary N) is 1. The van der Waals surface area contributed by atoms with Gasteiger partial charge in [0.2, 0.25) is 5.91 Å². The van der Waals surface area contributed by atoms with Gasteiger partial charge in [-0.3, -0.25) is 4.79 Å². The summed E-state index contributed by atoms with van der Waals surface area (Å²) in [6, 6.07) is 6.48. The lowest BCUT2D eigenvalue weighted by Crippen LogP contribution is -2.29. The van der Waals surface area contributed by atoms with Gasteiger partial charge in [-0.2, -0.15) is 0 Å². The van der Waals surface area contributed by atoms with Gasteiger partial charge in [-0.1, -0.05) is 26.0 Å². The van der Waals surface area contributed by atoms with Gasteiger partial charge in [0.05, 0.1) is 0 Å². The van der Waals surface area contributed by atoms with Gasteiger partial charge in [0.25, 0.3) is 0 Å². The van der Waals surface area contributed by atoms with Crippen molar-refractivity contribution < 1.29 is 4.79 Å². The van der Waals surface area contributed by atoms with E-state index in [9.17, 15) is 4.79 Å². The molecule has 2 N–H and O–H groups in total. The predicted molar refractivity (Wildman–Crippen MR) is 79.3 cm³/mol. The Balaban J connectivity index is 2.10. The fraction of sp³-hybridized carbons (Fsp3) is 0.562. The van der Waals surface area contributed by atoms with E-state index in [1.807, 2.05) is 4.90 Å². The van der Waals surface area contributed by atoms with Crippen LogP contribution < -0.4 is 10.6 Å². The number of aryl methyl sites for hydroxylation is 1. The maximum absolute atomic E-state index is 12.2. The monoisotopic (exact) mass is 260 g/mol. The van der Waals surface area contributed by atoms with Gasteiger partial charge >= 0.3 is 0 Å². The largest absolute Gasteiger partial charge is 0.330 e. The molecule has 0 fully saturated rings. The third kappa shape index (κ3) is 3.35. The summed E-state index contributed by atoms with van der Waals surface area (Å²) in [5, 5.41) is 0. The summed E-state index contributed by atoms with van der Waals surface area (Å²) in [6.45, 7) is 5.74. The van der Waals surface area contributed by atoms with E-state index in [1.165, 1.54) is 11.1 Å². The normalized spacial score (nSPS) is 14.0. The van der Waals surface area contributed by atoms with Crippen LogP contribution in [0.2, 0.25) is 0 Å². The van der Waals surface area contributed by atoms with Gasteiger partial charge in [-0.25, -0.2) is 0 Å². The summed E-state index contributed by atoms with van der Waals surface area (Å²) in [5.41, 5.74) is 9.30. The molecule has 0 saturated heterocycles. The molecular formula is C16H24N2O. The molecule has 1 aromatic carbocycles. The van der Waals surface area contributed by atoms with Crippen molar-refractivity contribution in [2.75, 3.05) is 18.0 Å². The predicted octanol–water partition coefficient (Wildman–Crippen LogP) is 2.51. The molecule has 104 valence electrons. The molecule has 0 aliphatic carbocycles. The van der Waals surface area contributed by atoms with Gasteiger partial charge in [-0.15, -0.1) is 0 Å². The first-order chi connectivity index (χ1) is 9.11. The maximum atomic E-state index is 12.2. The van der Waals surface area contributed by atoms with Gasteiger partial charge in [0.15, 0.2) is 0 Å². The first kappa shape index (κ1) is 14.1. The molecule has 0 atom stereocenters. The number of hydrogen-bond acceptors (Lipinski definition) is 2. The molecule has 1 amide bonds. The SMILES string of the molecule is CC(C)CC(=O)N1CCc2cc(CCCN)ccc21. The molecule has 1 aromatic rings. The Morgan fingerprint density at radius 3 is 2.89 bits per heavy atom. The third-order valence-electron chi connectivity index (χ3n) is 3.59. The Morgan fingerprint density at radius 2 is 2.21 bits per heavy atom. The first-order valence-electron chi connectivity index (χ1n) is 7.24. The van der Waals surface area contributed by atoms with Crippen molar-refractivity contribution in [2.24, 2.45) is 11.7 Å². The van der Waals surface area contributed by atoms with Crippen molar-refractivity contribution in [1.29, 1.82) is 0 Å². The zero-order chi connectivity index (χ0) is 13.8. The Bertz CT molecular complexity index is 454. The fourth-order valence-corrected chi connectivity index (χ4v) is 2.64. The molecule has 0 spiro atoms. The highest BCUT2D eigenvalue weighted by Gasteiger charge is 2.24. The van der Waals surface area contributed by atoms with E-state index in [1.54, 1.807) is 0 Å². The van der Waals surface area contributed by atoms with Crippen LogP contribution in [0.4, 0.5) is 5.69 Å². The Morgan fingerprint density at radius 1 is 1.42 bits per heavy atom. The molecule has 1 aliphatic rings. The maximum Gasteiger partial charge on any atom is 0.227 e. The molecule has 1 aliphatic heterocycles. The average Bonchev–Trinajstić information content (AvgIpc) is 2.78. The molecular weight excluding hydrogens is 236 g/mol. The number of carbonyl (C=O) groups is 1. The Labute approximate surface area is 115 Å². The van der Waals surface area contributed by atoms with Crippen LogP contribution in [-0.2, 0) is 17.6 Å². The third-order valence-corrected chi connectivity index (χ3v) is 3.59. The van der Waals surface area contributed by atoms with E-state index in [-0.39, 0.29) is 5.91 Å². The van der Waals surface area contributed by atoms with Crippen molar-refractivity contribution in [2.45, 2.75) is 39.5 Å². The number of benzene rings is 1. The van der Waals surface area contributed by atoms with Gasteiger partial charge in [0, 0.05) is 18.7 Å². The van der Waals surface area contributed by atoms with Crippen molar-refractivity contribution in [3.8, 4) is 0 Å². The number of anilines is 1. The number of carbonyl (C=O) groups excluding carboxylic acids is 1. The zero-order valence-electron chi connectivity index (χ0n) is 12.0. The smallest absolute Gasteiger partial charge is 0.227 e. The van der Waals surface area contributed by atoms with Crippen LogP contribution in [0.15, 0.2) is 18.2 Å². The van der Waals surface area contributed by atoms with Crippen LogP contribution in [0.25, 0.3) is 0 Å². The van der Waals surface area contributed by atoms with Gasteiger partial charge in [-0.05, 0) is 48.9 Å². The molecule has 0 bridgehead atoms. The number of rotatable bonds is 5. The minimum Gasteiger partial charge on any atom is -0.330 e. The second-order valence-corrected chi connectivity index (χ2v) is 5.75. The van der Waals surface area contributed by atoms with Crippen LogP contribution in [-0.4, -0.2) is 19.0 Å². The van der Waals surface area contributed by atoms with Crippen LogP contribution in [0.1, 0.15) is 37.8 Å². The summed E-state index contributed by atoms with van der Waals surface area (Å²) in [7, 11) is 0. The van der Waals surface area contributed by atoms with Crippen LogP contribution >= 0.6 is 0 Å². The molecule has 3 heteroatoms. The lowest BCUT2D eigenvalue weighted by molar-refractivity contribution is -0.119. The van der Waals surface area contributed by atoms with Crippen molar-refractivity contribution in [3.63, 3.8) is 0 Å². The van der Waals surface area contributed by atoms with E-state index in [2.05, 4.69) is 32.0 Å². The summed E-state index contributed by atoms with van der Waals surface area (Å²) < 4.78 is 0. The number of nitrogens with zero attached hydrogens (tertiary/aromatic N) is 1. The Kier molecular flexibility index (Phi) is 4.59. The summed E-state index contributed by atoms with van der Waals surface area (Å²) in [5.74, 6) is 0.670. The van der Waals surface area contributed by atoms with Crippen molar-refractivity contribution in [1.82, 2.24) is 0 Å². The summed E-state index contributed by atoms with van der Waals surface area (Å²) >= 11 is 0. The van der Waals surface area contributed by atoms with Crippen molar-refractivity contribution >= 4 is 11.6 Å². The quantitative estimate of drug-likeness (QED) is 0.884. The second kappa shape index (κ2) is 6.20. The van der Waals surface area contributed by atoms with E-state index >= 15 is 0 Å². The van der Waals surface area contributed by atoms with E-state index in [0.29, 0.717) is 12.3 Å². The van der Waals surface area contributed by atoms with E-state index in [0.717, 1.165) is 38.0 Å². The summed E-state index contributed by atoms with van der Waals surface area (Å²) in [4.78, 5) is 14.1. The zero-order valence-corrected chi connectivity index (χ0v) is 12.0. The van der Waals surface area contributed by atoms with E-state index in [4.69, 9.17) is 5.73 Å².